The van der Waals surface area contributed by atoms with Gasteiger partial charge in [-0.25, -0.2) is 0 Å². The molecule has 3 aromatic rings. The number of aromatic nitrogens is 3. The molecule has 1 aromatic heterocycles. The first kappa shape index (κ1) is 18.7. The van der Waals surface area contributed by atoms with Crippen LogP contribution in [0.5, 0.6) is 5.75 Å². The molecule has 3 rings (SSSR count). The van der Waals surface area contributed by atoms with Crippen LogP contribution in [0.2, 0.25) is 0 Å². The average molecular weight is 430 g/mol. The van der Waals surface area contributed by atoms with Crippen molar-refractivity contribution in [1.29, 1.82) is 0 Å². The van der Waals surface area contributed by atoms with Crippen molar-refractivity contribution in [3.05, 3.63) is 82.6 Å². The van der Waals surface area contributed by atoms with Crippen molar-refractivity contribution in [3.63, 3.8) is 0 Å². The molecule has 2 aromatic carbocycles. The molecule has 0 saturated heterocycles. The van der Waals surface area contributed by atoms with Crippen molar-refractivity contribution in [3.8, 4) is 5.75 Å². The van der Waals surface area contributed by atoms with Gasteiger partial charge in [0.25, 0.3) is 0 Å². The Morgan fingerprint density at radius 3 is 2.65 bits per heavy atom. The first-order valence-corrected chi connectivity index (χ1v) is 10.0. The quantitative estimate of drug-likeness (QED) is 0.368. The number of hydrogen-bond donors (Lipinski definition) is 0. The third-order valence-corrected chi connectivity index (χ3v) is 5.41. The first-order chi connectivity index (χ1) is 12.7. The highest BCUT2D eigenvalue weighted by atomic mass is 79.9. The van der Waals surface area contributed by atoms with Crippen LogP contribution in [-0.2, 0) is 18.7 Å². The second-order valence-electron chi connectivity index (χ2n) is 5.74. The van der Waals surface area contributed by atoms with Crippen molar-refractivity contribution in [1.82, 2.24) is 14.8 Å². The predicted molar refractivity (Wildman–Crippen MR) is 110 cm³/mol. The molecule has 0 atom stereocenters. The fourth-order valence-electron chi connectivity index (χ4n) is 2.57. The zero-order chi connectivity index (χ0) is 18.4. The molecule has 0 fully saturated rings. The highest BCUT2D eigenvalue weighted by molar-refractivity contribution is 9.10. The van der Waals surface area contributed by atoms with Gasteiger partial charge >= 0.3 is 0 Å². The summed E-state index contributed by atoms with van der Waals surface area (Å²) in [6.45, 7) is 4.56. The average Bonchev–Trinajstić information content (AvgIpc) is 3.03. The first-order valence-electron chi connectivity index (χ1n) is 8.22. The molecule has 1 heterocycles. The summed E-state index contributed by atoms with van der Waals surface area (Å²) in [5, 5.41) is 9.71. The highest BCUT2D eigenvalue weighted by Crippen LogP contribution is 2.24. The van der Waals surface area contributed by atoms with E-state index in [-0.39, 0.29) is 0 Å². The van der Waals surface area contributed by atoms with E-state index in [0.717, 1.165) is 33.4 Å². The van der Waals surface area contributed by atoms with E-state index in [1.165, 1.54) is 11.1 Å². The summed E-state index contributed by atoms with van der Waals surface area (Å²) < 4.78 is 8.43. The molecule has 0 radical (unpaired) electrons. The lowest BCUT2D eigenvalue weighted by Crippen LogP contribution is -2.05. The van der Waals surface area contributed by atoms with Crippen LogP contribution in [0.15, 0.2) is 70.8 Å². The number of rotatable bonds is 8. The van der Waals surface area contributed by atoms with Crippen molar-refractivity contribution in [2.45, 2.75) is 23.9 Å². The lowest BCUT2D eigenvalue weighted by atomic mass is 10.1. The summed E-state index contributed by atoms with van der Waals surface area (Å²) in [6.07, 6.45) is 2.60. The van der Waals surface area contributed by atoms with E-state index in [4.69, 9.17) is 4.74 Å². The van der Waals surface area contributed by atoms with Gasteiger partial charge in [-0.15, -0.1) is 16.8 Å². The maximum atomic E-state index is 5.22. The fraction of sp³-hybridized carbons (Fsp3) is 0.200. The van der Waals surface area contributed by atoms with Crippen LogP contribution >= 0.6 is 27.7 Å². The Labute approximate surface area is 166 Å². The Kier molecular flexibility index (Phi) is 6.52. The van der Waals surface area contributed by atoms with Crippen molar-refractivity contribution in [2.24, 2.45) is 0 Å². The minimum atomic E-state index is 0.694. The Balaban J connectivity index is 1.75. The van der Waals surface area contributed by atoms with Gasteiger partial charge in [0.1, 0.15) is 11.6 Å². The summed E-state index contributed by atoms with van der Waals surface area (Å²) in [5.74, 6) is 2.63. The molecule has 134 valence electrons. The van der Waals surface area contributed by atoms with E-state index in [9.17, 15) is 0 Å². The lowest BCUT2D eigenvalue weighted by molar-refractivity contribution is 0.414. The van der Waals surface area contributed by atoms with E-state index in [2.05, 4.69) is 61.5 Å². The number of hydrogen-bond acceptors (Lipinski definition) is 4. The minimum Gasteiger partial charge on any atom is -0.497 e. The van der Waals surface area contributed by atoms with E-state index in [0.29, 0.717) is 6.54 Å². The second kappa shape index (κ2) is 9.05. The summed E-state index contributed by atoms with van der Waals surface area (Å²) >= 11 is 5.20. The summed E-state index contributed by atoms with van der Waals surface area (Å²) in [5.41, 5.74) is 2.42. The molecular weight excluding hydrogens is 410 g/mol. The zero-order valence-electron chi connectivity index (χ0n) is 14.6. The van der Waals surface area contributed by atoms with Gasteiger partial charge < -0.3 is 9.30 Å². The van der Waals surface area contributed by atoms with Crippen LogP contribution in [0.25, 0.3) is 0 Å². The molecule has 0 amide bonds. The lowest BCUT2D eigenvalue weighted by Gasteiger charge is -2.08. The van der Waals surface area contributed by atoms with Crippen LogP contribution in [-0.4, -0.2) is 21.9 Å². The molecule has 0 bridgehead atoms. The van der Waals surface area contributed by atoms with Gasteiger partial charge in [0.15, 0.2) is 5.16 Å². The second-order valence-corrected chi connectivity index (χ2v) is 7.60. The Morgan fingerprint density at radius 1 is 1.15 bits per heavy atom. The topological polar surface area (TPSA) is 39.9 Å². The third kappa shape index (κ3) is 4.77. The Morgan fingerprint density at radius 2 is 1.96 bits per heavy atom. The Hall–Kier alpha value is -2.05. The van der Waals surface area contributed by atoms with Gasteiger partial charge in [-0.05, 0) is 35.4 Å². The summed E-state index contributed by atoms with van der Waals surface area (Å²) in [7, 11) is 1.67. The minimum absolute atomic E-state index is 0.694. The SMILES string of the molecule is C=CCn1c(Cc2ccc(OC)cc2)nnc1SCc1cccc(Br)c1. The molecule has 0 spiro atoms. The maximum Gasteiger partial charge on any atom is 0.191 e. The smallest absolute Gasteiger partial charge is 0.191 e. The van der Waals surface area contributed by atoms with Gasteiger partial charge in [-0.1, -0.05) is 58.0 Å². The largest absolute Gasteiger partial charge is 0.497 e. The molecule has 0 aliphatic heterocycles. The van der Waals surface area contributed by atoms with E-state index in [1.54, 1.807) is 18.9 Å². The molecule has 0 saturated carbocycles. The van der Waals surface area contributed by atoms with Crippen LogP contribution in [0, 0.1) is 0 Å². The standard InChI is InChI=1S/C20H20BrN3OS/c1-3-11-24-19(13-15-7-9-18(25-2)10-8-15)22-23-20(24)26-14-16-5-4-6-17(21)12-16/h3-10,12H,1,11,13-14H2,2H3. The van der Waals surface area contributed by atoms with Crippen LogP contribution < -0.4 is 4.74 Å². The molecule has 0 aliphatic rings. The number of nitrogens with zero attached hydrogens (tertiary/aromatic N) is 3. The number of ether oxygens (including phenoxy) is 1. The number of methoxy groups -OCH3 is 1. The van der Waals surface area contributed by atoms with Crippen molar-refractivity contribution >= 4 is 27.7 Å². The molecule has 0 unspecified atom stereocenters. The van der Waals surface area contributed by atoms with Crippen molar-refractivity contribution in [2.75, 3.05) is 7.11 Å². The van der Waals surface area contributed by atoms with Gasteiger partial charge in [0, 0.05) is 23.2 Å². The zero-order valence-corrected chi connectivity index (χ0v) is 17.0. The number of benzene rings is 2. The monoisotopic (exact) mass is 429 g/mol. The van der Waals surface area contributed by atoms with Crippen LogP contribution in [0.4, 0.5) is 0 Å². The summed E-state index contributed by atoms with van der Waals surface area (Å²) in [6, 6.07) is 16.4. The maximum absolute atomic E-state index is 5.22. The van der Waals surface area contributed by atoms with E-state index in [1.807, 2.05) is 30.3 Å². The van der Waals surface area contributed by atoms with Crippen molar-refractivity contribution < 1.29 is 4.74 Å². The highest BCUT2D eigenvalue weighted by Gasteiger charge is 2.12. The number of allylic oxidation sites excluding steroid dienone is 1. The number of halogens is 1. The molecular formula is C20H20BrN3OS. The third-order valence-electron chi connectivity index (χ3n) is 3.88. The molecule has 0 N–H and O–H groups in total. The normalized spacial score (nSPS) is 10.7. The van der Waals surface area contributed by atoms with Gasteiger partial charge in [0.2, 0.25) is 0 Å². The Bertz CT molecular complexity index is 877. The van der Waals surface area contributed by atoms with Crippen LogP contribution in [0.3, 0.4) is 0 Å². The molecule has 4 nitrogen and oxygen atoms in total. The van der Waals surface area contributed by atoms with Gasteiger partial charge in [-0.3, -0.25) is 0 Å². The van der Waals surface area contributed by atoms with Gasteiger partial charge in [0.05, 0.1) is 7.11 Å². The molecule has 6 heteroatoms. The van der Waals surface area contributed by atoms with Crippen LogP contribution in [0.1, 0.15) is 17.0 Å². The summed E-state index contributed by atoms with van der Waals surface area (Å²) in [4.78, 5) is 0. The van der Waals surface area contributed by atoms with E-state index >= 15 is 0 Å². The van der Waals surface area contributed by atoms with E-state index < -0.39 is 0 Å². The van der Waals surface area contributed by atoms with Gasteiger partial charge in [-0.2, -0.15) is 0 Å². The number of thioether (sulfide) groups is 1. The molecule has 0 aliphatic carbocycles. The molecule has 26 heavy (non-hydrogen) atoms. The fourth-order valence-corrected chi connectivity index (χ4v) is 3.93. The predicted octanol–water partition coefficient (Wildman–Crippen LogP) is 5.12.